The summed E-state index contributed by atoms with van der Waals surface area (Å²) in [6.07, 6.45) is 2.64. The van der Waals surface area contributed by atoms with E-state index in [2.05, 4.69) is 20.5 Å². The molecule has 0 amide bonds. The third kappa shape index (κ3) is 3.17. The number of nitrogens with zero attached hydrogens (tertiary/aromatic N) is 5. The van der Waals surface area contributed by atoms with Gasteiger partial charge in [-0.25, -0.2) is 4.68 Å². The Morgan fingerprint density at radius 1 is 1.32 bits per heavy atom. The first kappa shape index (κ1) is 13.7. The van der Waals surface area contributed by atoms with Crippen LogP contribution in [0.3, 0.4) is 0 Å². The largest absolute Gasteiger partial charge is 0.423 e. The van der Waals surface area contributed by atoms with E-state index in [1.54, 1.807) is 4.68 Å². The molecule has 0 radical (unpaired) electrons. The lowest BCUT2D eigenvalue weighted by molar-refractivity contribution is 0.362. The highest BCUT2D eigenvalue weighted by atomic mass is 16.4. The summed E-state index contributed by atoms with van der Waals surface area (Å²) in [4.78, 5) is 0. The maximum Gasteiger partial charge on any atom is 0.238 e. The molecule has 0 fully saturated rings. The number of hydrogen-bond acceptors (Lipinski definition) is 6. The summed E-state index contributed by atoms with van der Waals surface area (Å²) in [5, 5.41) is 16.1. The first-order valence-electron chi connectivity index (χ1n) is 6.38. The summed E-state index contributed by atoms with van der Waals surface area (Å²) in [7, 11) is 0. The van der Waals surface area contributed by atoms with Crippen LogP contribution < -0.4 is 5.73 Å². The minimum atomic E-state index is -0.149. The van der Waals surface area contributed by atoms with E-state index in [1.807, 2.05) is 33.9 Å². The van der Waals surface area contributed by atoms with Crippen molar-refractivity contribution in [1.82, 2.24) is 25.2 Å². The van der Waals surface area contributed by atoms with Gasteiger partial charge in [-0.15, -0.1) is 15.3 Å². The summed E-state index contributed by atoms with van der Waals surface area (Å²) in [6.45, 7) is 8.50. The predicted molar refractivity (Wildman–Crippen MR) is 69.3 cm³/mol. The van der Waals surface area contributed by atoms with E-state index in [1.165, 1.54) is 0 Å². The lowest BCUT2D eigenvalue weighted by atomic mass is 9.97. The topological polar surface area (TPSA) is 95.7 Å². The van der Waals surface area contributed by atoms with Crippen LogP contribution in [0.25, 0.3) is 0 Å². The van der Waals surface area contributed by atoms with Gasteiger partial charge in [-0.05, 0) is 6.42 Å². The van der Waals surface area contributed by atoms with Crippen LogP contribution in [0.1, 0.15) is 57.6 Å². The summed E-state index contributed by atoms with van der Waals surface area (Å²) < 4.78 is 7.26. The Balaban J connectivity index is 2.09. The zero-order valence-electron chi connectivity index (χ0n) is 11.8. The lowest BCUT2D eigenvalue weighted by Gasteiger charge is -2.10. The van der Waals surface area contributed by atoms with Gasteiger partial charge in [-0.2, -0.15) is 0 Å². The SMILES string of the molecule is CCC(N)c1cn(Cc2nnc(C(C)(C)C)o2)nn1. The monoisotopic (exact) mass is 264 g/mol. The number of nitrogens with two attached hydrogens (primary N) is 1. The van der Waals surface area contributed by atoms with Crippen LogP contribution in [0.2, 0.25) is 0 Å². The van der Waals surface area contributed by atoms with Gasteiger partial charge in [0.05, 0.1) is 17.9 Å². The molecule has 0 aromatic carbocycles. The molecule has 104 valence electrons. The first-order chi connectivity index (χ1) is 8.90. The Morgan fingerprint density at radius 2 is 2.05 bits per heavy atom. The molecule has 0 bridgehead atoms. The fourth-order valence-electron chi connectivity index (χ4n) is 1.53. The maximum atomic E-state index is 5.89. The van der Waals surface area contributed by atoms with Crippen LogP contribution >= 0.6 is 0 Å². The lowest BCUT2D eigenvalue weighted by Crippen LogP contribution is -2.11. The molecule has 1 unspecified atom stereocenters. The highest BCUT2D eigenvalue weighted by Crippen LogP contribution is 2.20. The van der Waals surface area contributed by atoms with E-state index in [0.717, 1.165) is 12.1 Å². The highest BCUT2D eigenvalue weighted by molar-refractivity contribution is 5.00. The molecule has 0 saturated heterocycles. The van der Waals surface area contributed by atoms with Crippen molar-refractivity contribution < 1.29 is 4.42 Å². The smallest absolute Gasteiger partial charge is 0.238 e. The van der Waals surface area contributed by atoms with E-state index in [9.17, 15) is 0 Å². The van der Waals surface area contributed by atoms with Gasteiger partial charge in [0.2, 0.25) is 11.8 Å². The van der Waals surface area contributed by atoms with Crippen LogP contribution in [0, 0.1) is 0 Å². The van der Waals surface area contributed by atoms with Crippen LogP contribution in [0.15, 0.2) is 10.6 Å². The second kappa shape index (κ2) is 5.08. The number of aromatic nitrogens is 5. The van der Waals surface area contributed by atoms with Gasteiger partial charge in [-0.1, -0.05) is 32.9 Å². The van der Waals surface area contributed by atoms with Gasteiger partial charge < -0.3 is 10.2 Å². The predicted octanol–water partition coefficient (Wildman–Crippen LogP) is 1.42. The first-order valence-corrected chi connectivity index (χ1v) is 6.38. The normalized spacial score (nSPS) is 13.7. The summed E-state index contributed by atoms with van der Waals surface area (Å²) >= 11 is 0. The van der Waals surface area contributed by atoms with Gasteiger partial charge in [-0.3, -0.25) is 0 Å². The molecule has 2 heterocycles. The zero-order valence-corrected chi connectivity index (χ0v) is 11.8. The van der Waals surface area contributed by atoms with Gasteiger partial charge in [0, 0.05) is 5.41 Å². The van der Waals surface area contributed by atoms with Crippen molar-refractivity contribution in [2.24, 2.45) is 5.73 Å². The molecular formula is C12H20N6O. The van der Waals surface area contributed by atoms with Crippen LogP contribution in [0.4, 0.5) is 0 Å². The standard InChI is InChI=1S/C12H20N6O/c1-5-8(13)9-6-18(17-14-9)7-10-15-16-11(19-10)12(2,3)4/h6,8H,5,7,13H2,1-4H3. The summed E-state index contributed by atoms with van der Waals surface area (Å²) in [6, 6.07) is -0.0819. The minimum absolute atomic E-state index is 0.0819. The summed E-state index contributed by atoms with van der Waals surface area (Å²) in [5.41, 5.74) is 6.52. The van der Waals surface area contributed by atoms with E-state index in [0.29, 0.717) is 18.3 Å². The van der Waals surface area contributed by atoms with Gasteiger partial charge in [0.25, 0.3) is 0 Å². The van der Waals surface area contributed by atoms with Crippen molar-refractivity contribution in [2.75, 3.05) is 0 Å². The third-order valence-electron chi connectivity index (χ3n) is 2.78. The molecule has 7 nitrogen and oxygen atoms in total. The molecule has 0 aliphatic rings. The Kier molecular flexibility index (Phi) is 3.66. The van der Waals surface area contributed by atoms with Crippen LogP contribution in [-0.4, -0.2) is 25.2 Å². The van der Waals surface area contributed by atoms with Crippen molar-refractivity contribution in [2.45, 2.75) is 52.1 Å². The Bertz CT molecular complexity index is 538. The fourth-order valence-corrected chi connectivity index (χ4v) is 1.53. The second-order valence-corrected chi connectivity index (χ2v) is 5.61. The Morgan fingerprint density at radius 3 is 2.63 bits per heavy atom. The Hall–Kier alpha value is -1.76. The van der Waals surface area contributed by atoms with Crippen molar-refractivity contribution in [1.29, 1.82) is 0 Å². The minimum Gasteiger partial charge on any atom is -0.423 e. The summed E-state index contributed by atoms with van der Waals surface area (Å²) in [5.74, 6) is 1.14. The number of hydrogen-bond donors (Lipinski definition) is 1. The van der Waals surface area contributed by atoms with E-state index in [4.69, 9.17) is 10.2 Å². The fraction of sp³-hybridized carbons (Fsp3) is 0.667. The van der Waals surface area contributed by atoms with E-state index in [-0.39, 0.29) is 11.5 Å². The molecule has 7 heteroatoms. The molecule has 19 heavy (non-hydrogen) atoms. The molecule has 0 saturated carbocycles. The molecule has 2 aromatic rings. The van der Waals surface area contributed by atoms with Crippen LogP contribution in [-0.2, 0) is 12.0 Å². The molecule has 0 aliphatic heterocycles. The van der Waals surface area contributed by atoms with E-state index < -0.39 is 0 Å². The van der Waals surface area contributed by atoms with Gasteiger partial charge in [0.15, 0.2) is 0 Å². The van der Waals surface area contributed by atoms with Crippen molar-refractivity contribution in [3.8, 4) is 0 Å². The van der Waals surface area contributed by atoms with Crippen molar-refractivity contribution in [3.05, 3.63) is 23.7 Å². The third-order valence-corrected chi connectivity index (χ3v) is 2.78. The molecular weight excluding hydrogens is 244 g/mol. The molecule has 2 aromatic heterocycles. The molecule has 0 aliphatic carbocycles. The maximum absolute atomic E-state index is 5.89. The quantitative estimate of drug-likeness (QED) is 0.897. The molecule has 1 atom stereocenters. The van der Waals surface area contributed by atoms with E-state index >= 15 is 0 Å². The highest BCUT2D eigenvalue weighted by Gasteiger charge is 2.21. The Labute approximate surface area is 112 Å². The van der Waals surface area contributed by atoms with Gasteiger partial charge in [0.1, 0.15) is 6.54 Å². The molecule has 0 spiro atoms. The second-order valence-electron chi connectivity index (χ2n) is 5.61. The zero-order chi connectivity index (χ0) is 14.0. The molecule has 2 rings (SSSR count). The van der Waals surface area contributed by atoms with Crippen molar-refractivity contribution >= 4 is 0 Å². The average molecular weight is 264 g/mol. The van der Waals surface area contributed by atoms with Crippen LogP contribution in [0.5, 0.6) is 0 Å². The van der Waals surface area contributed by atoms with Gasteiger partial charge >= 0.3 is 0 Å². The van der Waals surface area contributed by atoms with Crippen molar-refractivity contribution in [3.63, 3.8) is 0 Å². The number of rotatable bonds is 4. The average Bonchev–Trinajstić information content (AvgIpc) is 2.97. The molecule has 2 N–H and O–H groups in total.